The van der Waals surface area contributed by atoms with E-state index in [1.54, 1.807) is 6.07 Å². The standard InChI is InChI=1S/C10H11NO4/c11-6-4-7(10(12)13)9-8(5-6)14-2-1-3-15-9/h4-5H,1-3,11H2,(H,12,13). The van der Waals surface area contributed by atoms with Gasteiger partial charge in [-0.2, -0.15) is 0 Å². The summed E-state index contributed by atoms with van der Waals surface area (Å²) in [6.45, 7) is 0.965. The van der Waals surface area contributed by atoms with Crippen molar-refractivity contribution in [2.75, 3.05) is 18.9 Å². The highest BCUT2D eigenvalue weighted by Gasteiger charge is 2.20. The molecule has 0 radical (unpaired) electrons. The van der Waals surface area contributed by atoms with Gasteiger partial charge in [-0.1, -0.05) is 0 Å². The Morgan fingerprint density at radius 2 is 2.07 bits per heavy atom. The Morgan fingerprint density at radius 3 is 2.80 bits per heavy atom. The molecule has 0 saturated carbocycles. The van der Waals surface area contributed by atoms with Gasteiger partial charge in [0.1, 0.15) is 5.56 Å². The van der Waals surface area contributed by atoms with E-state index >= 15 is 0 Å². The number of hydrogen-bond acceptors (Lipinski definition) is 4. The molecule has 0 aromatic heterocycles. The Morgan fingerprint density at radius 1 is 1.33 bits per heavy atom. The van der Waals surface area contributed by atoms with Crippen molar-refractivity contribution in [1.29, 1.82) is 0 Å². The number of rotatable bonds is 1. The van der Waals surface area contributed by atoms with Crippen LogP contribution in [-0.2, 0) is 0 Å². The summed E-state index contributed by atoms with van der Waals surface area (Å²) in [7, 11) is 0. The zero-order chi connectivity index (χ0) is 10.8. The Labute approximate surface area is 86.4 Å². The van der Waals surface area contributed by atoms with Crippen LogP contribution in [0.5, 0.6) is 11.5 Å². The molecule has 1 aliphatic heterocycles. The average molecular weight is 209 g/mol. The van der Waals surface area contributed by atoms with Crippen LogP contribution < -0.4 is 15.2 Å². The van der Waals surface area contributed by atoms with Crippen LogP contribution >= 0.6 is 0 Å². The number of hydrogen-bond donors (Lipinski definition) is 2. The maximum absolute atomic E-state index is 10.9. The van der Waals surface area contributed by atoms with Crippen LogP contribution in [0.15, 0.2) is 12.1 Å². The largest absolute Gasteiger partial charge is 0.489 e. The van der Waals surface area contributed by atoms with Crippen molar-refractivity contribution >= 4 is 11.7 Å². The molecule has 1 aromatic rings. The third-order valence-corrected chi connectivity index (χ3v) is 2.10. The molecule has 1 heterocycles. The Bertz CT molecular complexity index is 403. The number of aromatic carboxylic acids is 1. The van der Waals surface area contributed by atoms with Crippen molar-refractivity contribution in [2.24, 2.45) is 0 Å². The number of carboxylic acids is 1. The highest BCUT2D eigenvalue weighted by atomic mass is 16.5. The summed E-state index contributed by atoms with van der Waals surface area (Å²) in [6, 6.07) is 2.95. The fourth-order valence-electron chi connectivity index (χ4n) is 1.45. The molecule has 0 bridgehead atoms. The fourth-order valence-corrected chi connectivity index (χ4v) is 1.45. The van der Waals surface area contributed by atoms with Crippen LogP contribution in [0.4, 0.5) is 5.69 Å². The fraction of sp³-hybridized carbons (Fsp3) is 0.300. The molecule has 0 aliphatic carbocycles. The van der Waals surface area contributed by atoms with Crippen molar-refractivity contribution in [3.8, 4) is 11.5 Å². The highest BCUT2D eigenvalue weighted by molar-refractivity contribution is 5.93. The Hall–Kier alpha value is -1.91. The molecule has 80 valence electrons. The molecule has 5 heteroatoms. The average Bonchev–Trinajstić information content (AvgIpc) is 2.41. The second-order valence-corrected chi connectivity index (χ2v) is 3.25. The van der Waals surface area contributed by atoms with E-state index in [1.165, 1.54) is 6.07 Å². The van der Waals surface area contributed by atoms with Crippen LogP contribution in [0.1, 0.15) is 16.8 Å². The van der Waals surface area contributed by atoms with Gasteiger partial charge in [-0.3, -0.25) is 0 Å². The first kappa shape index (κ1) is 9.64. The van der Waals surface area contributed by atoms with Crippen molar-refractivity contribution in [3.63, 3.8) is 0 Å². The number of fused-ring (bicyclic) bond motifs is 1. The van der Waals surface area contributed by atoms with Crippen molar-refractivity contribution in [3.05, 3.63) is 17.7 Å². The van der Waals surface area contributed by atoms with Gasteiger partial charge in [0.05, 0.1) is 13.2 Å². The van der Waals surface area contributed by atoms with Crippen LogP contribution in [-0.4, -0.2) is 24.3 Å². The molecule has 5 nitrogen and oxygen atoms in total. The summed E-state index contributed by atoms with van der Waals surface area (Å²) >= 11 is 0. The minimum absolute atomic E-state index is 0.0481. The minimum atomic E-state index is -1.07. The smallest absolute Gasteiger partial charge is 0.339 e. The van der Waals surface area contributed by atoms with Crippen LogP contribution in [0.3, 0.4) is 0 Å². The molecule has 1 aliphatic rings. The molecule has 0 saturated heterocycles. The van der Waals surface area contributed by atoms with Crippen LogP contribution in [0.2, 0.25) is 0 Å². The van der Waals surface area contributed by atoms with E-state index in [4.69, 9.17) is 20.3 Å². The maximum atomic E-state index is 10.9. The number of anilines is 1. The monoisotopic (exact) mass is 209 g/mol. The van der Waals surface area contributed by atoms with E-state index in [9.17, 15) is 4.79 Å². The molecule has 0 atom stereocenters. The highest BCUT2D eigenvalue weighted by Crippen LogP contribution is 2.35. The van der Waals surface area contributed by atoms with E-state index < -0.39 is 5.97 Å². The molecule has 0 amide bonds. The predicted molar refractivity (Wildman–Crippen MR) is 53.4 cm³/mol. The SMILES string of the molecule is Nc1cc2c(c(C(=O)O)c1)OCCCO2. The number of carbonyl (C=O) groups is 1. The normalized spacial score (nSPS) is 14.4. The molecule has 0 fully saturated rings. The third kappa shape index (κ3) is 1.81. The van der Waals surface area contributed by atoms with Gasteiger partial charge in [0, 0.05) is 18.2 Å². The van der Waals surface area contributed by atoms with Gasteiger partial charge in [0.25, 0.3) is 0 Å². The van der Waals surface area contributed by atoms with Gasteiger partial charge in [-0.25, -0.2) is 4.79 Å². The van der Waals surface area contributed by atoms with E-state index in [1.807, 2.05) is 0 Å². The summed E-state index contributed by atoms with van der Waals surface area (Å²) < 4.78 is 10.7. The zero-order valence-electron chi connectivity index (χ0n) is 8.03. The topological polar surface area (TPSA) is 81.8 Å². The van der Waals surface area contributed by atoms with Crippen molar-refractivity contribution < 1.29 is 19.4 Å². The van der Waals surface area contributed by atoms with Crippen molar-refractivity contribution in [2.45, 2.75) is 6.42 Å². The summed E-state index contributed by atoms with van der Waals surface area (Å²) in [6.07, 6.45) is 0.730. The first-order valence-electron chi connectivity index (χ1n) is 4.61. The predicted octanol–water partition coefficient (Wildman–Crippen LogP) is 1.13. The number of nitrogen functional groups attached to an aromatic ring is 1. The summed E-state index contributed by atoms with van der Waals surface area (Å²) in [5.74, 6) is -0.386. The molecule has 0 unspecified atom stereocenters. The van der Waals surface area contributed by atoms with E-state index in [0.717, 1.165) is 6.42 Å². The molecular weight excluding hydrogens is 198 g/mol. The van der Waals surface area contributed by atoms with E-state index in [-0.39, 0.29) is 11.3 Å². The minimum Gasteiger partial charge on any atom is -0.489 e. The maximum Gasteiger partial charge on any atom is 0.339 e. The van der Waals surface area contributed by atoms with Crippen LogP contribution in [0, 0.1) is 0 Å². The van der Waals surface area contributed by atoms with E-state index in [2.05, 4.69) is 0 Å². The zero-order valence-corrected chi connectivity index (χ0v) is 8.03. The molecule has 15 heavy (non-hydrogen) atoms. The van der Waals surface area contributed by atoms with Crippen molar-refractivity contribution in [1.82, 2.24) is 0 Å². The number of ether oxygens (including phenoxy) is 2. The molecular formula is C10H11NO4. The lowest BCUT2D eigenvalue weighted by molar-refractivity contribution is 0.0692. The lowest BCUT2D eigenvalue weighted by Gasteiger charge is -2.10. The van der Waals surface area contributed by atoms with Gasteiger partial charge in [0.2, 0.25) is 0 Å². The Kier molecular flexibility index (Phi) is 2.37. The van der Waals surface area contributed by atoms with Gasteiger partial charge < -0.3 is 20.3 Å². The summed E-state index contributed by atoms with van der Waals surface area (Å²) in [4.78, 5) is 10.9. The second kappa shape index (κ2) is 3.68. The number of carboxylic acid groups (broad SMARTS) is 1. The second-order valence-electron chi connectivity index (χ2n) is 3.25. The van der Waals surface area contributed by atoms with E-state index in [0.29, 0.717) is 24.7 Å². The molecule has 0 spiro atoms. The Balaban J connectivity index is 2.54. The lowest BCUT2D eigenvalue weighted by Crippen LogP contribution is -2.04. The quantitative estimate of drug-likeness (QED) is 0.677. The first-order chi connectivity index (χ1) is 7.18. The first-order valence-corrected chi connectivity index (χ1v) is 4.61. The van der Waals surface area contributed by atoms with Gasteiger partial charge in [0.15, 0.2) is 11.5 Å². The third-order valence-electron chi connectivity index (χ3n) is 2.10. The van der Waals surface area contributed by atoms with Gasteiger partial charge in [-0.15, -0.1) is 0 Å². The molecule has 1 aromatic carbocycles. The van der Waals surface area contributed by atoms with Crippen LogP contribution in [0.25, 0.3) is 0 Å². The van der Waals surface area contributed by atoms with Gasteiger partial charge in [-0.05, 0) is 6.07 Å². The summed E-state index contributed by atoms with van der Waals surface area (Å²) in [5.41, 5.74) is 5.98. The summed E-state index contributed by atoms with van der Waals surface area (Å²) in [5, 5.41) is 8.97. The number of benzene rings is 1. The molecule has 3 N–H and O–H groups in total. The number of nitrogens with two attached hydrogens (primary N) is 1. The van der Waals surface area contributed by atoms with Gasteiger partial charge >= 0.3 is 5.97 Å². The lowest BCUT2D eigenvalue weighted by atomic mass is 10.1. The molecule has 2 rings (SSSR count).